The molecule has 0 amide bonds. The average Bonchev–Trinajstić information content (AvgIpc) is 2.42. The van der Waals surface area contributed by atoms with Gasteiger partial charge in [0.05, 0.1) is 18.9 Å². The molecule has 18 heavy (non-hydrogen) atoms. The quantitative estimate of drug-likeness (QED) is 0.783. The van der Waals surface area contributed by atoms with Crippen LogP contribution >= 0.6 is 0 Å². The van der Waals surface area contributed by atoms with Crippen molar-refractivity contribution in [2.24, 2.45) is 0 Å². The average molecular weight is 249 g/mol. The standard InChI is InChI=1S/C13H19N3O2/c1-3-12-10-11(2)13(15-14-12)18-9-6-16-4-7-17-8-5-16/h3,10H,1,4-9H2,2H3. The van der Waals surface area contributed by atoms with Crippen LogP contribution < -0.4 is 4.74 Å². The summed E-state index contributed by atoms with van der Waals surface area (Å²) in [7, 11) is 0. The first-order valence-electron chi connectivity index (χ1n) is 6.19. The highest BCUT2D eigenvalue weighted by Gasteiger charge is 2.10. The molecule has 0 aromatic carbocycles. The Bertz CT molecular complexity index is 403. The van der Waals surface area contributed by atoms with Crippen LogP contribution in [0.1, 0.15) is 11.3 Å². The molecular formula is C13H19N3O2. The molecule has 1 aliphatic heterocycles. The fourth-order valence-corrected chi connectivity index (χ4v) is 1.83. The molecule has 5 heteroatoms. The molecule has 0 atom stereocenters. The zero-order valence-corrected chi connectivity index (χ0v) is 10.8. The van der Waals surface area contributed by atoms with E-state index in [1.54, 1.807) is 6.08 Å². The van der Waals surface area contributed by atoms with E-state index >= 15 is 0 Å². The van der Waals surface area contributed by atoms with Gasteiger partial charge in [-0.1, -0.05) is 6.58 Å². The van der Waals surface area contributed by atoms with Crippen LogP contribution in [-0.4, -0.2) is 54.6 Å². The second-order valence-electron chi connectivity index (χ2n) is 4.26. The lowest BCUT2D eigenvalue weighted by Gasteiger charge is -2.26. The van der Waals surface area contributed by atoms with Crippen LogP contribution in [0.4, 0.5) is 0 Å². The minimum atomic E-state index is 0.605. The molecule has 0 N–H and O–H groups in total. The molecule has 0 radical (unpaired) electrons. The highest BCUT2D eigenvalue weighted by atomic mass is 16.5. The predicted molar refractivity (Wildman–Crippen MR) is 69.6 cm³/mol. The molecular weight excluding hydrogens is 230 g/mol. The molecule has 0 spiro atoms. The van der Waals surface area contributed by atoms with Crippen molar-refractivity contribution >= 4 is 6.08 Å². The Hall–Kier alpha value is -1.46. The summed E-state index contributed by atoms with van der Waals surface area (Å²) in [6.07, 6.45) is 1.68. The van der Waals surface area contributed by atoms with E-state index in [1.807, 2.05) is 13.0 Å². The number of ether oxygens (including phenoxy) is 2. The Labute approximate surface area is 107 Å². The number of hydrogen-bond acceptors (Lipinski definition) is 5. The van der Waals surface area contributed by atoms with E-state index in [4.69, 9.17) is 9.47 Å². The van der Waals surface area contributed by atoms with Crippen molar-refractivity contribution < 1.29 is 9.47 Å². The van der Waals surface area contributed by atoms with Gasteiger partial charge in [-0.15, -0.1) is 10.2 Å². The molecule has 0 saturated carbocycles. The van der Waals surface area contributed by atoms with Gasteiger partial charge in [0.1, 0.15) is 6.61 Å². The molecule has 0 bridgehead atoms. The molecule has 0 aliphatic carbocycles. The van der Waals surface area contributed by atoms with Crippen LogP contribution in [0.3, 0.4) is 0 Å². The molecule has 2 heterocycles. The topological polar surface area (TPSA) is 47.5 Å². The monoisotopic (exact) mass is 249 g/mol. The van der Waals surface area contributed by atoms with Gasteiger partial charge in [-0.2, -0.15) is 0 Å². The van der Waals surface area contributed by atoms with Crippen molar-refractivity contribution in [3.8, 4) is 5.88 Å². The van der Waals surface area contributed by atoms with E-state index in [0.29, 0.717) is 12.5 Å². The summed E-state index contributed by atoms with van der Waals surface area (Å²) in [5, 5.41) is 8.04. The summed E-state index contributed by atoms with van der Waals surface area (Å²) >= 11 is 0. The van der Waals surface area contributed by atoms with Gasteiger partial charge < -0.3 is 9.47 Å². The van der Waals surface area contributed by atoms with E-state index in [2.05, 4.69) is 21.7 Å². The first-order chi connectivity index (χ1) is 8.79. The minimum Gasteiger partial charge on any atom is -0.475 e. The smallest absolute Gasteiger partial charge is 0.236 e. The van der Waals surface area contributed by atoms with Crippen molar-refractivity contribution in [3.63, 3.8) is 0 Å². The fraction of sp³-hybridized carbons (Fsp3) is 0.538. The second kappa shape index (κ2) is 6.47. The zero-order chi connectivity index (χ0) is 12.8. The van der Waals surface area contributed by atoms with Gasteiger partial charge in [0.2, 0.25) is 5.88 Å². The normalized spacial score (nSPS) is 16.5. The molecule has 5 nitrogen and oxygen atoms in total. The Morgan fingerprint density at radius 2 is 2.22 bits per heavy atom. The number of nitrogens with zero attached hydrogens (tertiary/aromatic N) is 3. The van der Waals surface area contributed by atoms with Crippen LogP contribution in [0.25, 0.3) is 6.08 Å². The summed E-state index contributed by atoms with van der Waals surface area (Å²) in [6, 6.07) is 1.92. The summed E-state index contributed by atoms with van der Waals surface area (Å²) in [6.45, 7) is 10.7. The molecule has 1 aromatic rings. The van der Waals surface area contributed by atoms with E-state index in [9.17, 15) is 0 Å². The van der Waals surface area contributed by atoms with Crippen LogP contribution in [0, 0.1) is 6.92 Å². The lowest BCUT2D eigenvalue weighted by molar-refractivity contribution is 0.0319. The summed E-state index contributed by atoms with van der Waals surface area (Å²) in [5.74, 6) is 0.605. The van der Waals surface area contributed by atoms with Gasteiger partial charge in [0.25, 0.3) is 0 Å². The molecule has 1 fully saturated rings. The van der Waals surface area contributed by atoms with Crippen LogP contribution in [0.15, 0.2) is 12.6 Å². The zero-order valence-electron chi connectivity index (χ0n) is 10.8. The molecule has 1 saturated heterocycles. The largest absolute Gasteiger partial charge is 0.475 e. The first kappa shape index (κ1) is 13.0. The van der Waals surface area contributed by atoms with Gasteiger partial charge in [-0.05, 0) is 19.1 Å². The first-order valence-corrected chi connectivity index (χ1v) is 6.19. The van der Waals surface area contributed by atoms with E-state index in [1.165, 1.54) is 0 Å². The van der Waals surface area contributed by atoms with Gasteiger partial charge in [0.15, 0.2) is 0 Å². The Balaban J connectivity index is 1.80. The van der Waals surface area contributed by atoms with Crippen molar-refractivity contribution in [2.45, 2.75) is 6.92 Å². The van der Waals surface area contributed by atoms with Gasteiger partial charge >= 0.3 is 0 Å². The summed E-state index contributed by atoms with van der Waals surface area (Å²) in [4.78, 5) is 2.32. The van der Waals surface area contributed by atoms with E-state index < -0.39 is 0 Å². The molecule has 1 aromatic heterocycles. The molecule has 2 rings (SSSR count). The SMILES string of the molecule is C=Cc1cc(C)c(OCCN2CCOCC2)nn1. The maximum Gasteiger partial charge on any atom is 0.236 e. The van der Waals surface area contributed by atoms with E-state index in [-0.39, 0.29) is 0 Å². The third-order valence-electron chi connectivity index (χ3n) is 2.92. The lowest BCUT2D eigenvalue weighted by Crippen LogP contribution is -2.38. The number of rotatable bonds is 5. The van der Waals surface area contributed by atoms with Crippen LogP contribution in [0.5, 0.6) is 5.88 Å². The third kappa shape index (κ3) is 3.51. The maximum atomic E-state index is 5.65. The highest BCUT2D eigenvalue weighted by molar-refractivity contribution is 5.43. The van der Waals surface area contributed by atoms with Gasteiger partial charge in [-0.3, -0.25) is 4.90 Å². The Morgan fingerprint density at radius 1 is 1.44 bits per heavy atom. The Kier molecular flexibility index (Phi) is 4.66. The van der Waals surface area contributed by atoms with Crippen LogP contribution in [-0.2, 0) is 4.74 Å². The number of aryl methyl sites for hydroxylation is 1. The summed E-state index contributed by atoms with van der Waals surface area (Å²) in [5.41, 5.74) is 1.76. The van der Waals surface area contributed by atoms with Crippen molar-refractivity contribution in [3.05, 3.63) is 23.9 Å². The number of morpholine rings is 1. The molecule has 98 valence electrons. The van der Waals surface area contributed by atoms with Gasteiger partial charge in [0, 0.05) is 25.2 Å². The van der Waals surface area contributed by atoms with Gasteiger partial charge in [-0.25, -0.2) is 0 Å². The second-order valence-corrected chi connectivity index (χ2v) is 4.26. The highest BCUT2D eigenvalue weighted by Crippen LogP contribution is 2.13. The Morgan fingerprint density at radius 3 is 2.89 bits per heavy atom. The minimum absolute atomic E-state index is 0.605. The van der Waals surface area contributed by atoms with Crippen molar-refractivity contribution in [1.29, 1.82) is 0 Å². The molecule has 1 aliphatic rings. The van der Waals surface area contributed by atoms with Crippen molar-refractivity contribution in [1.82, 2.24) is 15.1 Å². The third-order valence-corrected chi connectivity index (χ3v) is 2.92. The van der Waals surface area contributed by atoms with E-state index in [0.717, 1.165) is 44.1 Å². The number of hydrogen-bond donors (Lipinski definition) is 0. The summed E-state index contributed by atoms with van der Waals surface area (Å²) < 4.78 is 10.9. The lowest BCUT2D eigenvalue weighted by atomic mass is 10.3. The molecule has 0 unspecified atom stereocenters. The number of aromatic nitrogens is 2. The van der Waals surface area contributed by atoms with Crippen LogP contribution in [0.2, 0.25) is 0 Å². The fourth-order valence-electron chi connectivity index (χ4n) is 1.83. The maximum absolute atomic E-state index is 5.65. The van der Waals surface area contributed by atoms with Crippen molar-refractivity contribution in [2.75, 3.05) is 39.5 Å². The predicted octanol–water partition coefficient (Wildman–Crippen LogP) is 1.14.